The van der Waals surface area contributed by atoms with Gasteiger partial charge in [-0.25, -0.2) is 9.78 Å². The minimum atomic E-state index is -0.464. The molecule has 0 bridgehead atoms. The van der Waals surface area contributed by atoms with Crippen molar-refractivity contribution in [1.82, 2.24) is 9.88 Å². The smallest absolute Gasteiger partial charge is 0.357 e. The second-order valence-corrected chi connectivity index (χ2v) is 6.71. The van der Waals surface area contributed by atoms with Crippen LogP contribution in [0.2, 0.25) is 0 Å². The minimum absolute atomic E-state index is 0.0471. The summed E-state index contributed by atoms with van der Waals surface area (Å²) in [5.74, 6) is -0.511. The van der Waals surface area contributed by atoms with E-state index in [-0.39, 0.29) is 11.6 Å². The first-order valence-corrected chi connectivity index (χ1v) is 8.80. The second kappa shape index (κ2) is 8.21. The van der Waals surface area contributed by atoms with Gasteiger partial charge in [-0.05, 0) is 30.7 Å². The van der Waals surface area contributed by atoms with Crippen molar-refractivity contribution in [3.8, 4) is 0 Å². The van der Waals surface area contributed by atoms with Gasteiger partial charge in [0.15, 0.2) is 5.69 Å². The van der Waals surface area contributed by atoms with Crippen LogP contribution in [0.25, 0.3) is 0 Å². The first-order valence-electron chi connectivity index (χ1n) is 7.12. The van der Waals surface area contributed by atoms with Crippen molar-refractivity contribution in [1.29, 1.82) is 0 Å². The Hall–Kier alpha value is -1.73. The average molecular weight is 397 g/mol. The third kappa shape index (κ3) is 4.62. The van der Waals surface area contributed by atoms with E-state index in [1.807, 2.05) is 19.1 Å². The van der Waals surface area contributed by atoms with Crippen LogP contribution in [0.4, 0.5) is 0 Å². The van der Waals surface area contributed by atoms with Crippen LogP contribution in [0.1, 0.15) is 39.2 Å². The fourth-order valence-corrected chi connectivity index (χ4v) is 3.08. The van der Waals surface area contributed by atoms with Crippen LogP contribution in [0.3, 0.4) is 0 Å². The lowest BCUT2D eigenvalue weighted by Gasteiger charge is -2.21. The van der Waals surface area contributed by atoms with E-state index in [1.165, 1.54) is 18.4 Å². The average Bonchev–Trinajstić information content (AvgIpc) is 3.02. The number of halogens is 1. The van der Waals surface area contributed by atoms with Gasteiger partial charge in [0.25, 0.3) is 5.91 Å². The Kier molecular flexibility index (Phi) is 6.29. The Morgan fingerprint density at radius 1 is 1.30 bits per heavy atom. The summed E-state index contributed by atoms with van der Waals surface area (Å²) in [5.41, 5.74) is 0.909. The molecular weight excluding hydrogens is 380 g/mol. The molecule has 0 fully saturated rings. The zero-order valence-electron chi connectivity index (χ0n) is 12.9. The molecule has 2 rings (SSSR count). The Balaban J connectivity index is 2.14. The number of hydrogen-bond donors (Lipinski definition) is 0. The van der Waals surface area contributed by atoms with Crippen LogP contribution >= 0.6 is 27.3 Å². The zero-order chi connectivity index (χ0) is 16.8. The zero-order valence-corrected chi connectivity index (χ0v) is 15.3. The van der Waals surface area contributed by atoms with E-state index >= 15 is 0 Å². The molecule has 0 saturated carbocycles. The summed E-state index contributed by atoms with van der Waals surface area (Å²) in [5, 5.41) is 2.36. The first kappa shape index (κ1) is 17.6. The highest BCUT2D eigenvalue weighted by Crippen LogP contribution is 2.17. The van der Waals surface area contributed by atoms with Gasteiger partial charge in [0.1, 0.15) is 5.01 Å². The van der Waals surface area contributed by atoms with Crippen molar-refractivity contribution in [2.75, 3.05) is 13.7 Å². The van der Waals surface area contributed by atoms with Gasteiger partial charge in [-0.1, -0.05) is 22.9 Å². The highest BCUT2D eigenvalue weighted by molar-refractivity contribution is 9.10. The van der Waals surface area contributed by atoms with Crippen LogP contribution in [0.15, 0.2) is 34.1 Å². The summed E-state index contributed by atoms with van der Waals surface area (Å²) in [7, 11) is 1.32. The molecule has 5 nitrogen and oxygen atoms in total. The van der Waals surface area contributed by atoms with Gasteiger partial charge in [-0.15, -0.1) is 11.3 Å². The van der Waals surface area contributed by atoms with Crippen molar-refractivity contribution in [3.63, 3.8) is 0 Å². The van der Waals surface area contributed by atoms with Crippen molar-refractivity contribution in [2.24, 2.45) is 0 Å². The van der Waals surface area contributed by atoms with Crippen LogP contribution in [-0.2, 0) is 11.3 Å². The van der Waals surface area contributed by atoms with Crippen molar-refractivity contribution < 1.29 is 14.3 Å². The van der Waals surface area contributed by atoms with Crippen LogP contribution in [0, 0.1) is 0 Å². The number of benzene rings is 1. The van der Waals surface area contributed by atoms with E-state index < -0.39 is 5.97 Å². The molecule has 0 saturated heterocycles. The third-order valence-electron chi connectivity index (χ3n) is 3.14. The Morgan fingerprint density at radius 3 is 2.61 bits per heavy atom. The van der Waals surface area contributed by atoms with E-state index in [4.69, 9.17) is 0 Å². The molecule has 0 radical (unpaired) electrons. The number of thiazole rings is 1. The maximum atomic E-state index is 12.6. The molecule has 7 heteroatoms. The molecule has 0 atom stereocenters. The minimum Gasteiger partial charge on any atom is -0.464 e. The first-order chi connectivity index (χ1) is 11.0. The molecule has 1 aromatic heterocycles. The lowest BCUT2D eigenvalue weighted by atomic mass is 10.2. The number of hydrogen-bond acceptors (Lipinski definition) is 5. The van der Waals surface area contributed by atoms with Crippen molar-refractivity contribution in [3.05, 3.63) is 50.4 Å². The number of rotatable bonds is 6. The second-order valence-electron chi connectivity index (χ2n) is 4.85. The number of methoxy groups -OCH3 is 1. The Morgan fingerprint density at radius 2 is 2.00 bits per heavy atom. The maximum absolute atomic E-state index is 12.6. The number of carbonyl (C=O) groups excluding carboxylic acids is 2. The van der Waals surface area contributed by atoms with E-state index in [9.17, 15) is 9.59 Å². The van der Waals surface area contributed by atoms with Crippen LogP contribution in [-0.4, -0.2) is 35.4 Å². The number of ether oxygens (including phenoxy) is 1. The molecule has 1 heterocycles. The van der Waals surface area contributed by atoms with Crippen LogP contribution < -0.4 is 0 Å². The molecule has 2 aromatic rings. The van der Waals surface area contributed by atoms with Gasteiger partial charge >= 0.3 is 5.97 Å². The fraction of sp³-hybridized carbons (Fsp3) is 0.312. The number of amides is 1. The van der Waals surface area contributed by atoms with Gasteiger partial charge in [0.2, 0.25) is 0 Å². The summed E-state index contributed by atoms with van der Waals surface area (Å²) < 4.78 is 5.58. The lowest BCUT2D eigenvalue weighted by Crippen LogP contribution is -2.31. The van der Waals surface area contributed by atoms with Gasteiger partial charge in [0, 0.05) is 22.0 Å². The molecule has 1 amide bonds. The summed E-state index contributed by atoms with van der Waals surface area (Å²) in [6, 6.07) is 7.26. The maximum Gasteiger partial charge on any atom is 0.357 e. The van der Waals surface area contributed by atoms with Gasteiger partial charge in [0.05, 0.1) is 13.7 Å². The lowest BCUT2D eigenvalue weighted by molar-refractivity contribution is 0.0594. The molecule has 0 aliphatic heterocycles. The highest BCUT2D eigenvalue weighted by Gasteiger charge is 2.18. The topological polar surface area (TPSA) is 59.5 Å². The molecular formula is C16H17BrN2O3S. The predicted octanol–water partition coefficient (Wildman–Crippen LogP) is 3.74. The number of nitrogens with zero attached hydrogens (tertiary/aromatic N) is 2. The number of aromatic nitrogens is 1. The van der Waals surface area contributed by atoms with Gasteiger partial charge in [-0.2, -0.15) is 0 Å². The number of esters is 1. The molecule has 0 spiro atoms. The SMILES string of the molecule is CCCN(Cc1nc(C(=O)OC)cs1)C(=O)c1ccc(Br)cc1. The van der Waals surface area contributed by atoms with Gasteiger partial charge in [-0.3, -0.25) is 4.79 Å². The predicted molar refractivity (Wildman–Crippen MR) is 92.6 cm³/mol. The molecule has 122 valence electrons. The fourth-order valence-electron chi connectivity index (χ4n) is 2.04. The Labute approximate surface area is 147 Å². The molecule has 0 N–H and O–H groups in total. The van der Waals surface area contributed by atoms with Crippen LogP contribution in [0.5, 0.6) is 0 Å². The van der Waals surface area contributed by atoms with E-state index in [2.05, 4.69) is 25.7 Å². The highest BCUT2D eigenvalue weighted by atomic mass is 79.9. The molecule has 0 aliphatic carbocycles. The van der Waals surface area contributed by atoms with E-state index in [1.54, 1.807) is 22.4 Å². The Bertz CT molecular complexity index is 685. The normalized spacial score (nSPS) is 10.4. The molecule has 23 heavy (non-hydrogen) atoms. The largest absolute Gasteiger partial charge is 0.464 e. The summed E-state index contributed by atoms with van der Waals surface area (Å²) >= 11 is 4.71. The molecule has 1 aromatic carbocycles. The number of carbonyl (C=O) groups is 2. The monoisotopic (exact) mass is 396 g/mol. The summed E-state index contributed by atoms with van der Waals surface area (Å²) in [6.45, 7) is 3.02. The summed E-state index contributed by atoms with van der Waals surface area (Å²) in [6.07, 6.45) is 0.845. The summed E-state index contributed by atoms with van der Waals surface area (Å²) in [4.78, 5) is 30.1. The standard InChI is InChI=1S/C16H17BrN2O3S/c1-3-8-19(15(20)11-4-6-12(17)7-5-11)9-14-18-13(10-23-14)16(21)22-2/h4-7,10H,3,8-9H2,1-2H3. The van der Waals surface area contributed by atoms with E-state index in [0.717, 1.165) is 10.9 Å². The quantitative estimate of drug-likeness (QED) is 0.697. The molecule has 0 unspecified atom stereocenters. The van der Waals surface area contributed by atoms with Crippen molar-refractivity contribution in [2.45, 2.75) is 19.9 Å². The molecule has 0 aliphatic rings. The van der Waals surface area contributed by atoms with E-state index in [0.29, 0.717) is 23.7 Å². The third-order valence-corrected chi connectivity index (χ3v) is 4.51. The van der Waals surface area contributed by atoms with Crippen molar-refractivity contribution >= 4 is 39.1 Å². The van der Waals surface area contributed by atoms with Gasteiger partial charge < -0.3 is 9.64 Å².